The Morgan fingerprint density at radius 1 is 1.04 bits per heavy atom. The van der Waals surface area contributed by atoms with Crippen LogP contribution in [0.5, 0.6) is 5.75 Å². The largest absolute Gasteiger partial charge is 0.489 e. The van der Waals surface area contributed by atoms with Crippen LogP contribution in [0.2, 0.25) is 0 Å². The number of benzene rings is 2. The zero-order valence-electron chi connectivity index (χ0n) is 14.6. The van der Waals surface area contributed by atoms with E-state index in [9.17, 15) is 4.79 Å². The molecule has 5 heteroatoms. The van der Waals surface area contributed by atoms with Gasteiger partial charge in [0, 0.05) is 30.2 Å². The molecule has 0 atom stereocenters. The number of aromatic nitrogens is 1. The molecule has 0 saturated carbocycles. The van der Waals surface area contributed by atoms with Gasteiger partial charge in [0.2, 0.25) is 0 Å². The molecule has 1 amide bonds. The number of hydrogen-bond acceptors (Lipinski definition) is 4. The number of hydrogen-bond donors (Lipinski definition) is 2. The molecule has 1 aromatic heterocycles. The number of ether oxygens (including phenoxy) is 1. The average Bonchev–Trinajstić information content (AvgIpc) is 2.67. The molecule has 0 fully saturated rings. The zero-order chi connectivity index (χ0) is 18.4. The van der Waals surface area contributed by atoms with Crippen LogP contribution in [0, 0.1) is 6.92 Å². The number of nitrogens with two attached hydrogens (primary N) is 1. The monoisotopic (exact) mass is 347 g/mol. The number of nitrogens with zero attached hydrogens (tertiary/aromatic N) is 1. The van der Waals surface area contributed by atoms with E-state index in [1.165, 1.54) is 0 Å². The first-order valence-corrected chi connectivity index (χ1v) is 8.38. The van der Waals surface area contributed by atoms with Gasteiger partial charge in [-0.25, -0.2) is 0 Å². The van der Waals surface area contributed by atoms with Crippen LogP contribution >= 0.6 is 0 Å². The molecule has 0 saturated heterocycles. The summed E-state index contributed by atoms with van der Waals surface area (Å²) in [5.74, 6) is 0.169. The number of carbonyl (C=O) groups excluding carboxylic acids is 1. The summed E-state index contributed by atoms with van der Waals surface area (Å²) in [4.78, 5) is 16.0. The standard InChI is InChI=1S/C21H21N3O2/c1-15-19(26-14-17-5-3-2-4-6-17)8-7-18(20(15)21(22)25)24-13-16-9-11-23-12-10-16/h2-12,24H,13-14H2,1H3,(H2,22,25). The van der Waals surface area contributed by atoms with Gasteiger partial charge in [0.1, 0.15) is 12.4 Å². The molecule has 0 spiro atoms. The molecule has 3 rings (SSSR count). The molecule has 3 N–H and O–H groups in total. The topological polar surface area (TPSA) is 77.2 Å². The Morgan fingerprint density at radius 2 is 1.77 bits per heavy atom. The van der Waals surface area contributed by atoms with Gasteiger partial charge >= 0.3 is 0 Å². The predicted molar refractivity (Wildman–Crippen MR) is 102 cm³/mol. The summed E-state index contributed by atoms with van der Waals surface area (Å²) in [7, 11) is 0. The summed E-state index contributed by atoms with van der Waals surface area (Å²) in [6.45, 7) is 2.86. The lowest BCUT2D eigenvalue weighted by Gasteiger charge is -2.16. The second-order valence-electron chi connectivity index (χ2n) is 5.96. The number of primary amides is 1. The SMILES string of the molecule is Cc1c(OCc2ccccc2)ccc(NCc2ccncc2)c1C(N)=O. The maximum atomic E-state index is 12.0. The van der Waals surface area contributed by atoms with Crippen molar-refractivity contribution in [2.75, 3.05) is 5.32 Å². The van der Waals surface area contributed by atoms with Crippen molar-refractivity contribution >= 4 is 11.6 Å². The minimum absolute atomic E-state index is 0.434. The third-order valence-electron chi connectivity index (χ3n) is 4.13. The van der Waals surface area contributed by atoms with E-state index < -0.39 is 5.91 Å². The minimum atomic E-state index is -0.482. The van der Waals surface area contributed by atoms with Crippen molar-refractivity contribution in [3.8, 4) is 5.75 Å². The molecule has 0 aliphatic carbocycles. The number of carbonyl (C=O) groups is 1. The van der Waals surface area contributed by atoms with Crippen LogP contribution in [0.15, 0.2) is 67.0 Å². The lowest BCUT2D eigenvalue weighted by atomic mass is 10.0. The lowest BCUT2D eigenvalue weighted by molar-refractivity contribution is 0.1000. The van der Waals surface area contributed by atoms with Crippen LogP contribution in [0.1, 0.15) is 27.0 Å². The summed E-state index contributed by atoms with van der Waals surface area (Å²) in [5.41, 5.74) is 9.62. The molecule has 0 radical (unpaired) electrons. The van der Waals surface area contributed by atoms with E-state index in [0.717, 1.165) is 16.7 Å². The third-order valence-corrected chi connectivity index (χ3v) is 4.13. The molecule has 132 valence electrons. The molecular formula is C21H21N3O2. The highest BCUT2D eigenvalue weighted by Crippen LogP contribution is 2.29. The quantitative estimate of drug-likeness (QED) is 0.683. The van der Waals surface area contributed by atoms with Crippen molar-refractivity contribution in [3.63, 3.8) is 0 Å². The predicted octanol–water partition coefficient (Wildman–Crippen LogP) is 3.68. The van der Waals surface area contributed by atoms with Crippen molar-refractivity contribution in [1.82, 2.24) is 4.98 Å². The van der Waals surface area contributed by atoms with Gasteiger partial charge in [-0.05, 0) is 42.3 Å². The summed E-state index contributed by atoms with van der Waals surface area (Å²) >= 11 is 0. The Labute approximate surface area is 152 Å². The summed E-state index contributed by atoms with van der Waals surface area (Å²) in [6, 6.07) is 17.4. The fourth-order valence-electron chi connectivity index (χ4n) is 2.75. The molecule has 0 unspecified atom stereocenters. The maximum absolute atomic E-state index is 12.0. The summed E-state index contributed by atoms with van der Waals surface area (Å²) < 4.78 is 5.89. The van der Waals surface area contributed by atoms with E-state index in [2.05, 4.69) is 10.3 Å². The Balaban J connectivity index is 1.78. The van der Waals surface area contributed by atoms with E-state index >= 15 is 0 Å². The molecule has 0 bridgehead atoms. The summed E-state index contributed by atoms with van der Waals surface area (Å²) in [5, 5.41) is 3.27. The normalized spacial score (nSPS) is 10.3. The molecule has 0 aliphatic heterocycles. The first kappa shape index (κ1) is 17.5. The Morgan fingerprint density at radius 3 is 2.46 bits per heavy atom. The van der Waals surface area contributed by atoms with Gasteiger partial charge in [-0.2, -0.15) is 0 Å². The van der Waals surface area contributed by atoms with Gasteiger partial charge in [-0.15, -0.1) is 0 Å². The van der Waals surface area contributed by atoms with E-state index in [1.807, 2.05) is 61.5 Å². The van der Waals surface area contributed by atoms with Crippen molar-refractivity contribution in [2.45, 2.75) is 20.1 Å². The van der Waals surface area contributed by atoms with E-state index in [0.29, 0.717) is 30.2 Å². The molecule has 1 heterocycles. The van der Waals surface area contributed by atoms with Crippen LogP contribution in [0.3, 0.4) is 0 Å². The minimum Gasteiger partial charge on any atom is -0.489 e. The maximum Gasteiger partial charge on any atom is 0.251 e. The Hall–Kier alpha value is -3.34. The zero-order valence-corrected chi connectivity index (χ0v) is 14.6. The number of nitrogens with one attached hydrogen (secondary N) is 1. The molecule has 3 aromatic rings. The van der Waals surface area contributed by atoms with Crippen LogP contribution in [-0.4, -0.2) is 10.9 Å². The van der Waals surface area contributed by atoms with Crippen LogP contribution in [0.25, 0.3) is 0 Å². The number of rotatable bonds is 7. The highest BCUT2D eigenvalue weighted by molar-refractivity contribution is 6.00. The number of anilines is 1. The second kappa shape index (κ2) is 8.16. The van der Waals surface area contributed by atoms with Crippen molar-refractivity contribution in [3.05, 3.63) is 89.2 Å². The molecule has 5 nitrogen and oxygen atoms in total. The first-order valence-electron chi connectivity index (χ1n) is 8.38. The average molecular weight is 347 g/mol. The molecule has 2 aromatic carbocycles. The molecule has 0 aliphatic rings. The van der Waals surface area contributed by atoms with Gasteiger partial charge in [-0.3, -0.25) is 9.78 Å². The highest BCUT2D eigenvalue weighted by atomic mass is 16.5. The van der Waals surface area contributed by atoms with E-state index in [-0.39, 0.29) is 0 Å². The Bertz CT molecular complexity index is 881. The summed E-state index contributed by atoms with van der Waals surface area (Å²) in [6.07, 6.45) is 3.47. The van der Waals surface area contributed by atoms with E-state index in [1.54, 1.807) is 12.4 Å². The third kappa shape index (κ3) is 4.19. The fourth-order valence-corrected chi connectivity index (χ4v) is 2.75. The Kier molecular flexibility index (Phi) is 5.49. The van der Waals surface area contributed by atoms with Crippen LogP contribution in [-0.2, 0) is 13.2 Å². The lowest BCUT2D eigenvalue weighted by Crippen LogP contribution is -2.17. The number of pyridine rings is 1. The molecular weight excluding hydrogens is 326 g/mol. The van der Waals surface area contributed by atoms with Gasteiger partial charge in [0.25, 0.3) is 5.91 Å². The smallest absolute Gasteiger partial charge is 0.251 e. The van der Waals surface area contributed by atoms with Crippen molar-refractivity contribution in [2.24, 2.45) is 5.73 Å². The van der Waals surface area contributed by atoms with Gasteiger partial charge in [0.05, 0.1) is 5.56 Å². The van der Waals surface area contributed by atoms with Crippen molar-refractivity contribution < 1.29 is 9.53 Å². The van der Waals surface area contributed by atoms with Gasteiger partial charge in [-0.1, -0.05) is 30.3 Å². The highest BCUT2D eigenvalue weighted by Gasteiger charge is 2.15. The fraction of sp³-hybridized carbons (Fsp3) is 0.143. The first-order chi connectivity index (χ1) is 12.6. The van der Waals surface area contributed by atoms with Gasteiger partial charge in [0.15, 0.2) is 0 Å². The molecule has 26 heavy (non-hydrogen) atoms. The van der Waals surface area contributed by atoms with Gasteiger partial charge < -0.3 is 15.8 Å². The van der Waals surface area contributed by atoms with Crippen LogP contribution in [0.4, 0.5) is 5.69 Å². The van der Waals surface area contributed by atoms with Crippen LogP contribution < -0.4 is 15.8 Å². The second-order valence-corrected chi connectivity index (χ2v) is 5.96. The number of amides is 1. The van der Waals surface area contributed by atoms with Crippen molar-refractivity contribution in [1.29, 1.82) is 0 Å². The van der Waals surface area contributed by atoms with E-state index in [4.69, 9.17) is 10.5 Å².